The molecule has 1 aromatic rings. The third kappa shape index (κ3) is 6.61. The van der Waals surface area contributed by atoms with E-state index in [-0.39, 0.29) is 42.2 Å². The maximum Gasteiger partial charge on any atom is 0.216 e. The molecule has 9 heteroatoms. The highest BCUT2D eigenvalue weighted by atomic mass is 127. The average Bonchev–Trinajstić information content (AvgIpc) is 2.48. The van der Waals surface area contributed by atoms with Gasteiger partial charge in [-0.2, -0.15) is 4.31 Å². The van der Waals surface area contributed by atoms with Crippen LogP contribution in [0.25, 0.3) is 0 Å². The summed E-state index contributed by atoms with van der Waals surface area (Å²) < 4.78 is 30.8. The molecule has 0 bridgehead atoms. The molecule has 1 aliphatic heterocycles. The maximum atomic E-state index is 12.1. The molecular formula is C14H23IN4O3S. The largest absolute Gasteiger partial charge is 0.379 e. The predicted octanol–water partition coefficient (Wildman–Crippen LogP) is 1.00. The Morgan fingerprint density at radius 1 is 1.39 bits per heavy atom. The average molecular weight is 454 g/mol. The van der Waals surface area contributed by atoms with Gasteiger partial charge < -0.3 is 15.8 Å². The first-order valence-corrected chi connectivity index (χ1v) is 8.77. The summed E-state index contributed by atoms with van der Waals surface area (Å²) in [7, 11) is -3.30. The fourth-order valence-electron chi connectivity index (χ4n) is 2.15. The Labute approximate surface area is 154 Å². The van der Waals surface area contributed by atoms with Crippen molar-refractivity contribution in [1.82, 2.24) is 4.31 Å². The van der Waals surface area contributed by atoms with E-state index in [1.165, 1.54) is 4.31 Å². The Morgan fingerprint density at radius 2 is 2.09 bits per heavy atom. The molecule has 0 aliphatic carbocycles. The van der Waals surface area contributed by atoms with Crippen LogP contribution in [0.4, 0.5) is 5.69 Å². The standard InChI is InChI=1S/C14H22N4O3S.HI/c1-12-3-2-4-13(11-12)17-14(15)16-5-10-22(19,20)18-6-8-21-9-7-18;/h2-4,11H,5-10H2,1H3,(H3,15,16,17);1H. The van der Waals surface area contributed by atoms with Gasteiger partial charge in [-0.15, -0.1) is 24.0 Å². The minimum Gasteiger partial charge on any atom is -0.379 e. The molecule has 1 aromatic carbocycles. The number of aryl methyl sites for hydroxylation is 1. The van der Waals surface area contributed by atoms with E-state index in [0.717, 1.165) is 11.3 Å². The van der Waals surface area contributed by atoms with Crippen molar-refractivity contribution in [2.24, 2.45) is 10.7 Å². The number of nitrogens with two attached hydrogens (primary N) is 1. The summed E-state index contributed by atoms with van der Waals surface area (Å²) in [5.41, 5.74) is 7.71. The number of nitrogens with one attached hydrogen (secondary N) is 1. The number of rotatable bonds is 5. The van der Waals surface area contributed by atoms with E-state index in [9.17, 15) is 8.42 Å². The highest BCUT2D eigenvalue weighted by molar-refractivity contribution is 14.0. The van der Waals surface area contributed by atoms with Gasteiger partial charge >= 0.3 is 0 Å². The summed E-state index contributed by atoms with van der Waals surface area (Å²) in [6.07, 6.45) is 0. The fraction of sp³-hybridized carbons (Fsp3) is 0.500. The number of nitrogens with zero attached hydrogens (tertiary/aromatic N) is 2. The third-order valence-corrected chi connectivity index (χ3v) is 5.14. The van der Waals surface area contributed by atoms with Gasteiger partial charge in [0.1, 0.15) is 0 Å². The summed E-state index contributed by atoms with van der Waals surface area (Å²) in [5.74, 6) is 0.159. The number of morpholine rings is 1. The Hall–Kier alpha value is -0.910. The van der Waals surface area contributed by atoms with Gasteiger partial charge in [0, 0.05) is 18.8 Å². The molecule has 0 aromatic heterocycles. The molecule has 130 valence electrons. The van der Waals surface area contributed by atoms with Gasteiger partial charge in [0.05, 0.1) is 25.5 Å². The summed E-state index contributed by atoms with van der Waals surface area (Å²) in [4.78, 5) is 4.08. The topological polar surface area (TPSA) is 97.0 Å². The number of hydrogen-bond donors (Lipinski definition) is 2. The van der Waals surface area contributed by atoms with Crippen LogP contribution < -0.4 is 11.1 Å². The predicted molar refractivity (Wildman–Crippen MR) is 103 cm³/mol. The van der Waals surface area contributed by atoms with Crippen LogP contribution in [0.15, 0.2) is 29.3 Å². The first kappa shape index (κ1) is 20.1. The van der Waals surface area contributed by atoms with E-state index in [1.807, 2.05) is 31.2 Å². The lowest BCUT2D eigenvalue weighted by atomic mass is 10.2. The molecule has 0 amide bonds. The number of aliphatic imine (C=N–C) groups is 1. The molecule has 0 saturated carbocycles. The molecule has 1 saturated heterocycles. The Morgan fingerprint density at radius 3 is 2.74 bits per heavy atom. The van der Waals surface area contributed by atoms with Crippen molar-refractivity contribution >= 4 is 45.6 Å². The molecule has 1 fully saturated rings. The molecule has 0 atom stereocenters. The first-order valence-electron chi connectivity index (χ1n) is 7.16. The number of halogens is 1. The van der Waals surface area contributed by atoms with Crippen molar-refractivity contribution in [3.63, 3.8) is 0 Å². The second-order valence-corrected chi connectivity index (χ2v) is 7.18. The fourth-order valence-corrected chi connectivity index (χ4v) is 3.43. The smallest absolute Gasteiger partial charge is 0.216 e. The van der Waals surface area contributed by atoms with Gasteiger partial charge in [-0.3, -0.25) is 4.99 Å². The van der Waals surface area contributed by atoms with E-state index in [1.54, 1.807) is 0 Å². The van der Waals surface area contributed by atoms with E-state index in [0.29, 0.717) is 26.3 Å². The molecule has 0 unspecified atom stereocenters. The van der Waals surface area contributed by atoms with Crippen LogP contribution in [0.3, 0.4) is 0 Å². The van der Waals surface area contributed by atoms with Crippen LogP contribution in [0.5, 0.6) is 0 Å². The maximum absolute atomic E-state index is 12.1. The second kappa shape index (κ2) is 9.40. The van der Waals surface area contributed by atoms with Gasteiger partial charge in [0.2, 0.25) is 10.0 Å². The molecule has 0 spiro atoms. The molecule has 7 nitrogen and oxygen atoms in total. The zero-order chi connectivity index (χ0) is 16.0. The molecule has 3 N–H and O–H groups in total. The van der Waals surface area contributed by atoms with Gasteiger partial charge in [-0.25, -0.2) is 8.42 Å². The summed E-state index contributed by atoms with van der Waals surface area (Å²) >= 11 is 0. The van der Waals surface area contributed by atoms with Gasteiger partial charge in [0.15, 0.2) is 5.96 Å². The summed E-state index contributed by atoms with van der Waals surface area (Å²) in [6.45, 7) is 3.81. The molecule has 23 heavy (non-hydrogen) atoms. The van der Waals surface area contributed by atoms with Crippen LogP contribution in [0.2, 0.25) is 0 Å². The summed E-state index contributed by atoms with van der Waals surface area (Å²) in [5, 5.41) is 2.95. The van der Waals surface area contributed by atoms with Crippen LogP contribution in [-0.2, 0) is 14.8 Å². The lowest BCUT2D eigenvalue weighted by Crippen LogP contribution is -2.42. The molecule has 1 heterocycles. The molecular weight excluding hydrogens is 431 g/mol. The minimum absolute atomic E-state index is 0. The molecule has 1 aliphatic rings. The van der Waals surface area contributed by atoms with Gasteiger partial charge in [0.25, 0.3) is 0 Å². The zero-order valence-electron chi connectivity index (χ0n) is 13.1. The first-order chi connectivity index (χ1) is 10.5. The van der Waals surface area contributed by atoms with Crippen molar-refractivity contribution in [2.75, 3.05) is 43.9 Å². The van der Waals surface area contributed by atoms with Crippen LogP contribution >= 0.6 is 24.0 Å². The number of guanidine groups is 1. The molecule has 2 rings (SSSR count). The van der Waals surface area contributed by atoms with Crippen LogP contribution in [0.1, 0.15) is 5.56 Å². The molecule has 0 radical (unpaired) electrons. The minimum atomic E-state index is -3.30. The highest BCUT2D eigenvalue weighted by Gasteiger charge is 2.23. The number of anilines is 1. The van der Waals surface area contributed by atoms with E-state index >= 15 is 0 Å². The van der Waals surface area contributed by atoms with Gasteiger partial charge in [-0.05, 0) is 24.6 Å². The Bertz CT molecular complexity index is 631. The van der Waals surface area contributed by atoms with E-state index in [4.69, 9.17) is 10.5 Å². The Balaban J connectivity index is 0.00000264. The van der Waals surface area contributed by atoms with Crippen molar-refractivity contribution in [2.45, 2.75) is 6.92 Å². The second-order valence-electron chi connectivity index (χ2n) is 5.09. The van der Waals surface area contributed by atoms with E-state index in [2.05, 4.69) is 10.3 Å². The van der Waals surface area contributed by atoms with Crippen LogP contribution in [0, 0.1) is 6.92 Å². The van der Waals surface area contributed by atoms with Gasteiger partial charge in [-0.1, -0.05) is 12.1 Å². The number of sulfonamides is 1. The number of benzene rings is 1. The zero-order valence-corrected chi connectivity index (χ0v) is 16.2. The number of hydrogen-bond acceptors (Lipinski definition) is 4. The van der Waals surface area contributed by atoms with Crippen LogP contribution in [-0.4, -0.2) is 57.3 Å². The van der Waals surface area contributed by atoms with Crippen molar-refractivity contribution in [3.8, 4) is 0 Å². The monoisotopic (exact) mass is 454 g/mol. The highest BCUT2D eigenvalue weighted by Crippen LogP contribution is 2.09. The van der Waals surface area contributed by atoms with Crippen molar-refractivity contribution < 1.29 is 13.2 Å². The summed E-state index contributed by atoms with van der Waals surface area (Å²) in [6, 6.07) is 7.70. The lowest BCUT2D eigenvalue weighted by Gasteiger charge is -2.25. The Kier molecular flexibility index (Phi) is 8.23. The quantitative estimate of drug-likeness (QED) is 0.393. The SMILES string of the molecule is Cc1cccc(NC(N)=NCCS(=O)(=O)N2CCOCC2)c1.I. The van der Waals surface area contributed by atoms with E-state index < -0.39 is 10.0 Å². The normalized spacial score (nSPS) is 16.7. The number of ether oxygens (including phenoxy) is 1. The van der Waals surface area contributed by atoms with Crippen molar-refractivity contribution in [3.05, 3.63) is 29.8 Å². The third-order valence-electron chi connectivity index (χ3n) is 3.29. The van der Waals surface area contributed by atoms with Crippen molar-refractivity contribution in [1.29, 1.82) is 0 Å². The lowest BCUT2D eigenvalue weighted by molar-refractivity contribution is 0.0731.